The Bertz CT molecular complexity index is 1210. The number of rotatable bonds is 10. The number of ether oxygens (including phenoxy) is 2. The smallest absolute Gasteiger partial charge is 0.145 e. The van der Waals surface area contributed by atoms with E-state index in [1.165, 1.54) is 0 Å². The largest absolute Gasteiger partial charge is 0.497 e. The third-order valence-electron chi connectivity index (χ3n) is 5.63. The summed E-state index contributed by atoms with van der Waals surface area (Å²) in [5, 5.41) is 15.6. The fourth-order valence-corrected chi connectivity index (χ4v) is 4.44. The Morgan fingerprint density at radius 3 is 2.55 bits per heavy atom. The number of nitrogens with zero attached hydrogens (tertiary/aromatic N) is 5. The van der Waals surface area contributed by atoms with Gasteiger partial charge in [-0.25, -0.2) is 9.97 Å². The Balaban J connectivity index is 1.58. The molecule has 0 aliphatic rings. The number of fused-ring (bicyclic) bond motifs is 1. The minimum atomic E-state index is -1.13. The summed E-state index contributed by atoms with van der Waals surface area (Å²) in [5.74, 6) is 0.805. The van der Waals surface area contributed by atoms with Crippen molar-refractivity contribution < 1.29 is 14.6 Å². The first-order valence-electron chi connectivity index (χ1n) is 11.1. The number of benzene rings is 1. The molecular weight excluding hydrogens is 434 g/mol. The van der Waals surface area contributed by atoms with Crippen molar-refractivity contribution in [1.82, 2.24) is 24.3 Å². The van der Waals surface area contributed by atoms with Crippen molar-refractivity contribution in [2.45, 2.75) is 45.6 Å². The predicted molar refractivity (Wildman–Crippen MR) is 131 cm³/mol. The van der Waals surface area contributed by atoms with Crippen molar-refractivity contribution >= 4 is 19.1 Å². The summed E-state index contributed by atoms with van der Waals surface area (Å²) in [4.78, 5) is 9.01. The average Bonchev–Trinajstić information content (AvgIpc) is 3.40. The highest BCUT2D eigenvalue weighted by molar-refractivity contribution is 6.76. The van der Waals surface area contributed by atoms with Gasteiger partial charge in [-0.3, -0.25) is 4.68 Å². The Morgan fingerprint density at radius 2 is 1.85 bits per heavy atom. The summed E-state index contributed by atoms with van der Waals surface area (Å²) in [5.41, 5.74) is 4.14. The molecule has 3 aromatic heterocycles. The summed E-state index contributed by atoms with van der Waals surface area (Å²) in [6, 6.07) is 10.9. The SMILES string of the molecule is COc1ccc(Cn2ncc(-c3ncnc4c3ccn4COCC[Si](C)(C)C)c2CO)cc1. The fraction of sp³-hybridized carbons (Fsp3) is 0.375. The monoisotopic (exact) mass is 465 g/mol. The molecule has 4 rings (SSSR count). The standard InChI is InChI=1S/C24H31N5O3Si/c1-31-19-7-5-18(6-8-19)14-29-22(15-30)21(13-27-29)23-20-9-10-28(24(20)26-16-25-23)17-32-11-12-33(2,3)4/h5-10,13,16,30H,11-12,14-15,17H2,1-4H3. The van der Waals surface area contributed by atoms with Crippen LogP contribution in [0.3, 0.4) is 0 Å². The average molecular weight is 466 g/mol. The predicted octanol–water partition coefficient (Wildman–Crippen LogP) is 4.16. The third kappa shape index (κ3) is 5.32. The first-order valence-corrected chi connectivity index (χ1v) is 14.8. The zero-order chi connectivity index (χ0) is 23.4. The van der Waals surface area contributed by atoms with Crippen LogP contribution in [0.15, 0.2) is 49.1 Å². The van der Waals surface area contributed by atoms with Crippen LogP contribution in [0, 0.1) is 0 Å². The maximum atomic E-state index is 10.1. The molecule has 0 saturated carbocycles. The molecule has 0 unspecified atom stereocenters. The van der Waals surface area contributed by atoms with E-state index in [0.717, 1.165) is 46.3 Å². The minimum Gasteiger partial charge on any atom is -0.497 e. The topological polar surface area (TPSA) is 87.2 Å². The third-order valence-corrected chi connectivity index (χ3v) is 7.33. The Kier molecular flexibility index (Phi) is 6.92. The highest BCUT2D eigenvalue weighted by Crippen LogP contribution is 2.29. The molecule has 1 N–H and O–H groups in total. The fourth-order valence-electron chi connectivity index (χ4n) is 3.68. The summed E-state index contributed by atoms with van der Waals surface area (Å²) in [6.45, 7) is 8.63. The van der Waals surface area contributed by atoms with Crippen LogP contribution in [0.4, 0.5) is 0 Å². The van der Waals surface area contributed by atoms with Crippen LogP contribution >= 0.6 is 0 Å². The van der Waals surface area contributed by atoms with E-state index in [2.05, 4.69) is 34.7 Å². The van der Waals surface area contributed by atoms with Crippen LogP contribution < -0.4 is 4.74 Å². The van der Waals surface area contributed by atoms with Crippen molar-refractivity contribution in [1.29, 1.82) is 0 Å². The summed E-state index contributed by atoms with van der Waals surface area (Å²) in [7, 11) is 0.520. The van der Waals surface area contributed by atoms with Gasteiger partial charge in [0.25, 0.3) is 0 Å². The van der Waals surface area contributed by atoms with Crippen molar-refractivity contribution in [3.8, 4) is 17.0 Å². The molecule has 0 amide bonds. The lowest BCUT2D eigenvalue weighted by molar-refractivity contribution is 0.0899. The van der Waals surface area contributed by atoms with Crippen LogP contribution in [0.5, 0.6) is 5.75 Å². The number of aliphatic hydroxyl groups is 1. The van der Waals surface area contributed by atoms with Crippen LogP contribution in [0.2, 0.25) is 25.7 Å². The number of aliphatic hydroxyl groups excluding tert-OH is 1. The quantitative estimate of drug-likeness (QED) is 0.280. The Morgan fingerprint density at radius 1 is 1.06 bits per heavy atom. The molecule has 0 radical (unpaired) electrons. The van der Waals surface area contributed by atoms with E-state index in [9.17, 15) is 5.11 Å². The molecule has 0 bridgehead atoms. The first-order chi connectivity index (χ1) is 15.9. The normalized spacial score (nSPS) is 11.9. The highest BCUT2D eigenvalue weighted by atomic mass is 28.3. The van der Waals surface area contributed by atoms with Gasteiger partial charge in [-0.2, -0.15) is 5.10 Å². The molecule has 9 heteroatoms. The number of hydrogen-bond donors (Lipinski definition) is 1. The van der Waals surface area contributed by atoms with Crippen molar-refractivity contribution in [3.05, 3.63) is 60.3 Å². The first kappa shape index (κ1) is 23.2. The molecule has 33 heavy (non-hydrogen) atoms. The van der Waals surface area contributed by atoms with Crippen molar-refractivity contribution in [2.24, 2.45) is 0 Å². The van der Waals surface area contributed by atoms with Crippen molar-refractivity contribution in [3.63, 3.8) is 0 Å². The molecule has 0 saturated heterocycles. The molecule has 174 valence electrons. The molecular formula is C24H31N5O3Si. The van der Waals surface area contributed by atoms with Gasteiger partial charge in [0.1, 0.15) is 24.5 Å². The molecule has 0 aliphatic carbocycles. The van der Waals surface area contributed by atoms with Gasteiger partial charge in [-0.1, -0.05) is 31.8 Å². The van der Waals surface area contributed by atoms with Crippen LogP contribution in [-0.4, -0.2) is 51.2 Å². The van der Waals surface area contributed by atoms with Gasteiger partial charge in [0.15, 0.2) is 0 Å². The van der Waals surface area contributed by atoms with Crippen LogP contribution in [0.25, 0.3) is 22.3 Å². The van der Waals surface area contributed by atoms with Gasteiger partial charge >= 0.3 is 0 Å². The van der Waals surface area contributed by atoms with Crippen LogP contribution in [-0.2, 0) is 24.6 Å². The van der Waals surface area contributed by atoms with Gasteiger partial charge < -0.3 is 19.1 Å². The second kappa shape index (κ2) is 9.86. The maximum absolute atomic E-state index is 10.1. The van der Waals surface area contributed by atoms with E-state index >= 15 is 0 Å². The lowest BCUT2D eigenvalue weighted by Crippen LogP contribution is -2.22. The maximum Gasteiger partial charge on any atom is 0.145 e. The second-order valence-electron chi connectivity index (χ2n) is 9.26. The molecule has 4 aromatic rings. The highest BCUT2D eigenvalue weighted by Gasteiger charge is 2.18. The van der Waals surface area contributed by atoms with E-state index in [1.54, 1.807) is 19.6 Å². The number of hydrogen-bond acceptors (Lipinski definition) is 6. The zero-order valence-electron chi connectivity index (χ0n) is 19.7. The van der Waals surface area contributed by atoms with E-state index in [-0.39, 0.29) is 6.61 Å². The molecule has 0 spiro atoms. The lowest BCUT2D eigenvalue weighted by Gasteiger charge is -2.15. The van der Waals surface area contributed by atoms with E-state index in [4.69, 9.17) is 9.47 Å². The summed E-state index contributed by atoms with van der Waals surface area (Å²) in [6.07, 6.45) is 5.29. The van der Waals surface area contributed by atoms with E-state index in [0.29, 0.717) is 19.0 Å². The second-order valence-corrected chi connectivity index (χ2v) is 14.9. The van der Waals surface area contributed by atoms with E-state index in [1.807, 2.05) is 45.8 Å². The lowest BCUT2D eigenvalue weighted by atomic mass is 10.1. The summed E-state index contributed by atoms with van der Waals surface area (Å²) >= 11 is 0. The van der Waals surface area contributed by atoms with Crippen LogP contribution in [0.1, 0.15) is 11.3 Å². The van der Waals surface area contributed by atoms with Gasteiger partial charge in [0.2, 0.25) is 0 Å². The molecule has 0 aliphatic heterocycles. The molecule has 3 heterocycles. The van der Waals surface area contributed by atoms with Gasteiger partial charge in [0.05, 0.1) is 37.8 Å². The molecule has 1 aromatic carbocycles. The van der Waals surface area contributed by atoms with Crippen molar-refractivity contribution in [2.75, 3.05) is 13.7 Å². The Hall–Kier alpha value is -3.01. The van der Waals surface area contributed by atoms with Gasteiger partial charge in [-0.15, -0.1) is 0 Å². The Labute approximate surface area is 194 Å². The zero-order valence-corrected chi connectivity index (χ0v) is 20.7. The summed E-state index contributed by atoms with van der Waals surface area (Å²) < 4.78 is 14.9. The number of methoxy groups -OCH3 is 1. The van der Waals surface area contributed by atoms with E-state index < -0.39 is 8.07 Å². The van der Waals surface area contributed by atoms with Gasteiger partial charge in [-0.05, 0) is 29.8 Å². The minimum absolute atomic E-state index is 0.141. The molecule has 0 atom stereocenters. The molecule has 0 fully saturated rings. The van der Waals surface area contributed by atoms with Gasteiger partial charge in [0, 0.05) is 31.8 Å². The number of aromatic nitrogens is 5. The molecule has 8 nitrogen and oxygen atoms in total.